The van der Waals surface area contributed by atoms with Gasteiger partial charge in [-0.25, -0.2) is 0 Å². The maximum Gasteiger partial charge on any atom is 0.162 e. The quantitative estimate of drug-likeness (QED) is 0.572. The van der Waals surface area contributed by atoms with Crippen LogP contribution < -0.4 is 10.1 Å². The highest BCUT2D eigenvalue weighted by molar-refractivity contribution is 5.97. The van der Waals surface area contributed by atoms with Gasteiger partial charge in [-0.3, -0.25) is 4.79 Å². The first-order valence-electron chi connectivity index (χ1n) is 9.80. The van der Waals surface area contributed by atoms with Gasteiger partial charge in [0.25, 0.3) is 0 Å². The summed E-state index contributed by atoms with van der Waals surface area (Å²) in [7, 11) is 0. The van der Waals surface area contributed by atoms with Crippen molar-refractivity contribution in [1.29, 1.82) is 0 Å². The molecule has 0 radical (unpaired) electrons. The Kier molecular flexibility index (Phi) is 5.10. The Labute approximate surface area is 172 Å². The van der Waals surface area contributed by atoms with Gasteiger partial charge in [0, 0.05) is 35.4 Å². The Balaban J connectivity index is 1.69. The molecule has 3 nitrogen and oxygen atoms in total. The molecule has 4 rings (SSSR count). The third kappa shape index (κ3) is 3.88. The lowest BCUT2D eigenvalue weighted by atomic mass is 9.96. The van der Waals surface area contributed by atoms with E-state index in [4.69, 9.17) is 4.74 Å². The van der Waals surface area contributed by atoms with Crippen LogP contribution in [0.5, 0.6) is 5.75 Å². The number of carbonyl (C=O) groups is 1. The van der Waals surface area contributed by atoms with E-state index < -0.39 is 0 Å². The molecule has 0 amide bonds. The highest BCUT2D eigenvalue weighted by Crippen LogP contribution is 2.38. The number of hydrogen-bond acceptors (Lipinski definition) is 3. The molecule has 1 aliphatic rings. The van der Waals surface area contributed by atoms with E-state index in [9.17, 15) is 4.79 Å². The fourth-order valence-corrected chi connectivity index (χ4v) is 3.71. The summed E-state index contributed by atoms with van der Waals surface area (Å²) in [4.78, 5) is 12.1. The second kappa shape index (κ2) is 7.85. The van der Waals surface area contributed by atoms with Crippen LogP contribution in [0, 0.1) is 19.1 Å². The predicted molar refractivity (Wildman–Crippen MR) is 116 cm³/mol. The van der Waals surface area contributed by atoms with E-state index in [1.165, 1.54) is 5.56 Å². The largest absolute Gasteiger partial charge is 0.488 e. The Morgan fingerprint density at radius 2 is 2.03 bits per heavy atom. The zero-order valence-electron chi connectivity index (χ0n) is 16.8. The lowest BCUT2D eigenvalue weighted by Gasteiger charge is -2.17. The first-order valence-corrected chi connectivity index (χ1v) is 9.80. The molecule has 1 N–H and O–H groups in total. The van der Waals surface area contributed by atoms with Crippen LogP contribution in [0.2, 0.25) is 0 Å². The standard InChI is InChI=1S/C26H23NO2/c1-4-24(28)21-11-10-20-14-22-12-17(2)13-25(26(22)18(3)27-23(20)15-21)29-16-19-8-6-5-7-9-19/h6,8-13,15,27H,3-4,14,16H2,1-2H3. The smallest absolute Gasteiger partial charge is 0.162 e. The van der Waals surface area contributed by atoms with E-state index in [-0.39, 0.29) is 5.78 Å². The molecule has 0 aliphatic carbocycles. The van der Waals surface area contributed by atoms with E-state index >= 15 is 0 Å². The number of aryl methyl sites for hydroxylation is 1. The molecule has 3 heteroatoms. The molecule has 3 aromatic carbocycles. The SMILES string of the molecule is C=C1Nc2cc(C(=O)CC)ccc2Cc2cc(C)cc(OCc3cc#ccc3)c21. The van der Waals surface area contributed by atoms with Gasteiger partial charge < -0.3 is 10.1 Å². The molecule has 0 saturated carbocycles. The van der Waals surface area contributed by atoms with E-state index in [2.05, 4.69) is 37.0 Å². The predicted octanol–water partition coefficient (Wildman–Crippen LogP) is 5.75. The lowest BCUT2D eigenvalue weighted by Crippen LogP contribution is -2.04. The van der Waals surface area contributed by atoms with Gasteiger partial charge in [0.15, 0.2) is 5.78 Å². The van der Waals surface area contributed by atoms with Crippen LogP contribution in [0.1, 0.15) is 51.5 Å². The van der Waals surface area contributed by atoms with Crippen molar-refractivity contribution in [3.63, 3.8) is 0 Å². The Morgan fingerprint density at radius 3 is 2.79 bits per heavy atom. The van der Waals surface area contributed by atoms with Crippen LogP contribution in [-0.4, -0.2) is 5.78 Å². The van der Waals surface area contributed by atoms with Crippen molar-refractivity contribution < 1.29 is 9.53 Å². The van der Waals surface area contributed by atoms with Crippen molar-refractivity contribution in [2.45, 2.75) is 33.3 Å². The molecule has 0 atom stereocenters. The third-order valence-corrected chi connectivity index (χ3v) is 5.17. The molecule has 1 heterocycles. The summed E-state index contributed by atoms with van der Waals surface area (Å²) < 4.78 is 6.19. The van der Waals surface area contributed by atoms with Crippen molar-refractivity contribution in [2.24, 2.45) is 0 Å². The number of rotatable bonds is 5. The summed E-state index contributed by atoms with van der Waals surface area (Å²) in [5.41, 5.74) is 7.91. The van der Waals surface area contributed by atoms with Crippen LogP contribution >= 0.6 is 0 Å². The zero-order valence-corrected chi connectivity index (χ0v) is 16.8. The van der Waals surface area contributed by atoms with Crippen LogP contribution in [0.4, 0.5) is 5.69 Å². The number of nitrogens with one attached hydrogen (secondary N) is 1. The zero-order chi connectivity index (χ0) is 20.4. The summed E-state index contributed by atoms with van der Waals surface area (Å²) >= 11 is 0. The minimum absolute atomic E-state index is 0.138. The molecule has 29 heavy (non-hydrogen) atoms. The van der Waals surface area contributed by atoms with Crippen molar-refractivity contribution in [1.82, 2.24) is 0 Å². The molecule has 3 aromatic rings. The van der Waals surface area contributed by atoms with E-state index in [0.29, 0.717) is 13.0 Å². The number of fused-ring (bicyclic) bond motifs is 2. The highest BCUT2D eigenvalue weighted by atomic mass is 16.5. The molecule has 144 valence electrons. The number of ether oxygens (including phenoxy) is 1. The van der Waals surface area contributed by atoms with Crippen LogP contribution in [-0.2, 0) is 13.0 Å². The first-order chi connectivity index (χ1) is 14.0. The summed E-state index contributed by atoms with van der Waals surface area (Å²) in [5, 5.41) is 3.42. The molecule has 0 saturated heterocycles. The second-order valence-corrected chi connectivity index (χ2v) is 7.36. The minimum atomic E-state index is 0.138. The highest BCUT2D eigenvalue weighted by Gasteiger charge is 2.21. The number of anilines is 1. The number of Topliss-reactive ketones (excluding diaryl/α,β-unsaturated/α-hetero) is 1. The molecule has 1 aliphatic heterocycles. The van der Waals surface area contributed by atoms with E-state index in [0.717, 1.165) is 51.4 Å². The van der Waals surface area contributed by atoms with Gasteiger partial charge in [-0.1, -0.05) is 43.8 Å². The van der Waals surface area contributed by atoms with Crippen LogP contribution in [0.3, 0.4) is 0 Å². The Hall–Kier alpha value is -3.51. The van der Waals surface area contributed by atoms with Gasteiger partial charge in [0.05, 0.1) is 0 Å². The van der Waals surface area contributed by atoms with E-state index in [1.54, 1.807) is 0 Å². The topological polar surface area (TPSA) is 38.3 Å². The normalized spacial score (nSPS) is 12.1. The maximum absolute atomic E-state index is 12.1. The second-order valence-electron chi connectivity index (χ2n) is 7.36. The third-order valence-electron chi connectivity index (χ3n) is 5.17. The number of ketones is 1. The van der Waals surface area contributed by atoms with Gasteiger partial charge >= 0.3 is 0 Å². The van der Waals surface area contributed by atoms with Crippen LogP contribution in [0.15, 0.2) is 55.1 Å². The van der Waals surface area contributed by atoms with Gasteiger partial charge in [0.1, 0.15) is 12.4 Å². The summed E-state index contributed by atoms with van der Waals surface area (Å²) in [5.74, 6) is 0.946. The fourth-order valence-electron chi connectivity index (χ4n) is 3.71. The van der Waals surface area contributed by atoms with Gasteiger partial charge in [0.2, 0.25) is 0 Å². The van der Waals surface area contributed by atoms with Crippen LogP contribution in [0.25, 0.3) is 5.70 Å². The fraction of sp³-hybridized carbons (Fsp3) is 0.192. The Bertz CT molecular complexity index is 1080. The first kappa shape index (κ1) is 18.8. The molecule has 0 unspecified atom stereocenters. The molecular formula is C26H23NO2. The average molecular weight is 381 g/mol. The van der Waals surface area contributed by atoms with Gasteiger partial charge in [-0.15, -0.1) is 0 Å². The summed E-state index contributed by atoms with van der Waals surface area (Å²) in [6.45, 7) is 8.67. The average Bonchev–Trinajstić information content (AvgIpc) is 2.86. The van der Waals surface area contributed by atoms with Crippen molar-refractivity contribution in [3.05, 3.63) is 101 Å². The molecule has 0 bridgehead atoms. The minimum Gasteiger partial charge on any atom is -0.488 e. The maximum atomic E-state index is 12.1. The Morgan fingerprint density at radius 1 is 1.17 bits per heavy atom. The van der Waals surface area contributed by atoms with Crippen molar-refractivity contribution >= 4 is 17.2 Å². The lowest BCUT2D eigenvalue weighted by molar-refractivity contribution is 0.0988. The molecule has 0 spiro atoms. The monoisotopic (exact) mass is 381 g/mol. The number of benzene rings is 2. The number of hydrogen-bond donors (Lipinski definition) is 1. The van der Waals surface area contributed by atoms with Gasteiger partial charge in [-0.05, 0) is 59.5 Å². The van der Waals surface area contributed by atoms with Crippen molar-refractivity contribution in [2.75, 3.05) is 5.32 Å². The molecule has 0 fully saturated rings. The van der Waals surface area contributed by atoms with Crippen molar-refractivity contribution in [3.8, 4) is 5.75 Å². The summed E-state index contributed by atoms with van der Waals surface area (Å²) in [6.07, 6.45) is 1.25. The van der Waals surface area contributed by atoms with Gasteiger partial charge in [-0.2, -0.15) is 0 Å². The molecule has 0 aromatic heterocycles. The van der Waals surface area contributed by atoms with E-state index in [1.807, 2.05) is 49.4 Å². The molecular weight excluding hydrogens is 358 g/mol. The number of carbonyl (C=O) groups excluding carboxylic acids is 1. The summed E-state index contributed by atoms with van der Waals surface area (Å²) in [6, 6.07) is 21.7.